The van der Waals surface area contributed by atoms with Crippen LogP contribution in [0.15, 0.2) is 36.4 Å². The molecule has 2 rings (SSSR count). The fourth-order valence-electron chi connectivity index (χ4n) is 1.72. The number of carbonyl (C=O) groups is 1. The molecule has 0 aliphatic carbocycles. The second-order valence-corrected chi connectivity index (χ2v) is 3.55. The van der Waals surface area contributed by atoms with Gasteiger partial charge in [0.15, 0.2) is 0 Å². The van der Waals surface area contributed by atoms with Crippen LogP contribution in [0.1, 0.15) is 10.4 Å². The molecule has 2 aromatic rings. The van der Waals surface area contributed by atoms with Gasteiger partial charge in [-0.1, -0.05) is 12.1 Å². The molecule has 0 saturated carbocycles. The smallest absolute Gasteiger partial charge is 0.270 e. The molecule has 0 fully saturated rings. The number of nitrogens with one attached hydrogen (secondary N) is 1. The van der Waals surface area contributed by atoms with E-state index in [0.29, 0.717) is 16.3 Å². The number of nitro benzene ring substituents is 1. The number of nitrogens with zero attached hydrogens (tertiary/aromatic N) is 1. The van der Waals surface area contributed by atoms with E-state index in [1.165, 1.54) is 12.1 Å². The Bertz CT molecular complexity index is 608. The zero-order valence-corrected chi connectivity index (χ0v) is 9.14. The molecule has 0 heterocycles. The highest BCUT2D eigenvalue weighted by atomic mass is 16.6. The van der Waals surface area contributed by atoms with Gasteiger partial charge in [0.1, 0.15) is 0 Å². The standard InChI is InChI=1S/C12H10N2O3/c1-13-12(15)11-4-2-3-8-7-9(14(16)17)5-6-10(8)11/h2-7H,1H3,(H,13,15). The van der Waals surface area contributed by atoms with E-state index in [1.807, 2.05) is 0 Å². The van der Waals surface area contributed by atoms with Crippen molar-refractivity contribution in [3.8, 4) is 0 Å². The van der Waals surface area contributed by atoms with E-state index in [4.69, 9.17) is 0 Å². The molecule has 1 amide bonds. The van der Waals surface area contributed by atoms with E-state index in [9.17, 15) is 14.9 Å². The van der Waals surface area contributed by atoms with Crippen LogP contribution in [0.3, 0.4) is 0 Å². The second-order valence-electron chi connectivity index (χ2n) is 3.55. The first kappa shape index (κ1) is 11.1. The van der Waals surface area contributed by atoms with Crippen LogP contribution in [0.25, 0.3) is 10.8 Å². The summed E-state index contributed by atoms with van der Waals surface area (Å²) in [5, 5.41) is 14.6. The van der Waals surface area contributed by atoms with Crippen molar-refractivity contribution >= 4 is 22.4 Å². The van der Waals surface area contributed by atoms with E-state index in [1.54, 1.807) is 31.3 Å². The molecule has 0 bridgehead atoms. The van der Waals surface area contributed by atoms with Gasteiger partial charge in [-0.15, -0.1) is 0 Å². The number of amides is 1. The molecular weight excluding hydrogens is 220 g/mol. The maximum Gasteiger partial charge on any atom is 0.270 e. The number of hydrogen-bond donors (Lipinski definition) is 1. The Morgan fingerprint density at radius 2 is 2.06 bits per heavy atom. The lowest BCUT2D eigenvalue weighted by Gasteiger charge is -2.04. The zero-order chi connectivity index (χ0) is 12.4. The Balaban J connectivity index is 2.67. The summed E-state index contributed by atoms with van der Waals surface area (Å²) in [7, 11) is 1.55. The summed E-state index contributed by atoms with van der Waals surface area (Å²) >= 11 is 0. The molecule has 0 aliphatic heterocycles. The number of non-ortho nitro benzene ring substituents is 1. The number of hydrogen-bond acceptors (Lipinski definition) is 3. The van der Waals surface area contributed by atoms with Crippen molar-refractivity contribution in [3.63, 3.8) is 0 Å². The van der Waals surface area contributed by atoms with Gasteiger partial charge in [-0.05, 0) is 22.9 Å². The molecule has 0 spiro atoms. The number of rotatable bonds is 2. The third-order valence-corrected chi connectivity index (χ3v) is 2.55. The highest BCUT2D eigenvalue weighted by Gasteiger charge is 2.11. The SMILES string of the molecule is CNC(=O)c1cccc2cc([N+](=O)[O-])ccc12. The van der Waals surface area contributed by atoms with Gasteiger partial charge in [0.05, 0.1) is 4.92 Å². The molecule has 0 aromatic heterocycles. The predicted octanol–water partition coefficient (Wildman–Crippen LogP) is 2.11. The molecule has 1 N–H and O–H groups in total. The highest BCUT2D eigenvalue weighted by Crippen LogP contribution is 2.23. The van der Waals surface area contributed by atoms with Crippen molar-refractivity contribution in [2.45, 2.75) is 0 Å². The van der Waals surface area contributed by atoms with Gasteiger partial charge in [0, 0.05) is 24.7 Å². The maximum atomic E-state index is 11.6. The van der Waals surface area contributed by atoms with E-state index in [-0.39, 0.29) is 11.6 Å². The quantitative estimate of drug-likeness (QED) is 0.634. The first-order valence-electron chi connectivity index (χ1n) is 5.02. The number of benzene rings is 2. The minimum absolute atomic E-state index is 0.0200. The van der Waals surface area contributed by atoms with Crippen LogP contribution in [0, 0.1) is 10.1 Å². The lowest BCUT2D eigenvalue weighted by atomic mass is 10.0. The van der Waals surface area contributed by atoms with Crippen molar-refractivity contribution in [3.05, 3.63) is 52.1 Å². The Labute approximate surface area is 97.2 Å². The third-order valence-electron chi connectivity index (χ3n) is 2.55. The Morgan fingerprint density at radius 1 is 1.29 bits per heavy atom. The van der Waals surface area contributed by atoms with Crippen LogP contribution in [-0.4, -0.2) is 17.9 Å². The van der Waals surface area contributed by atoms with Crippen LogP contribution >= 0.6 is 0 Å². The largest absolute Gasteiger partial charge is 0.355 e. The summed E-state index contributed by atoms with van der Waals surface area (Å²) < 4.78 is 0. The molecule has 0 unspecified atom stereocenters. The van der Waals surface area contributed by atoms with E-state index in [2.05, 4.69) is 5.32 Å². The van der Waals surface area contributed by atoms with Gasteiger partial charge < -0.3 is 5.32 Å². The molecule has 5 heteroatoms. The van der Waals surface area contributed by atoms with Crippen LogP contribution in [0.2, 0.25) is 0 Å². The molecule has 0 saturated heterocycles. The minimum Gasteiger partial charge on any atom is -0.355 e. The summed E-state index contributed by atoms with van der Waals surface area (Å²) in [6, 6.07) is 9.59. The van der Waals surface area contributed by atoms with Crippen LogP contribution in [0.4, 0.5) is 5.69 Å². The summed E-state index contributed by atoms with van der Waals surface area (Å²) in [6.45, 7) is 0. The first-order chi connectivity index (χ1) is 8.13. The lowest BCUT2D eigenvalue weighted by molar-refractivity contribution is -0.384. The summed E-state index contributed by atoms with van der Waals surface area (Å²) in [5.41, 5.74) is 0.534. The lowest BCUT2D eigenvalue weighted by Crippen LogP contribution is -2.17. The second kappa shape index (κ2) is 4.21. The van der Waals surface area contributed by atoms with E-state index < -0.39 is 4.92 Å². The molecular formula is C12H10N2O3. The number of fused-ring (bicyclic) bond motifs is 1. The molecule has 2 aromatic carbocycles. The third kappa shape index (κ3) is 1.94. The molecule has 5 nitrogen and oxygen atoms in total. The fourth-order valence-corrected chi connectivity index (χ4v) is 1.72. The zero-order valence-electron chi connectivity index (χ0n) is 9.14. The number of nitro groups is 1. The van der Waals surface area contributed by atoms with E-state index >= 15 is 0 Å². The maximum absolute atomic E-state index is 11.6. The van der Waals surface area contributed by atoms with Gasteiger partial charge in [0.2, 0.25) is 0 Å². The van der Waals surface area contributed by atoms with Crippen molar-refractivity contribution in [2.75, 3.05) is 7.05 Å². The van der Waals surface area contributed by atoms with Gasteiger partial charge in [-0.3, -0.25) is 14.9 Å². The van der Waals surface area contributed by atoms with E-state index in [0.717, 1.165) is 0 Å². The van der Waals surface area contributed by atoms with Crippen molar-refractivity contribution in [1.29, 1.82) is 0 Å². The first-order valence-corrected chi connectivity index (χ1v) is 5.02. The minimum atomic E-state index is -0.452. The van der Waals surface area contributed by atoms with Gasteiger partial charge >= 0.3 is 0 Å². The monoisotopic (exact) mass is 230 g/mol. The van der Waals surface area contributed by atoms with Crippen LogP contribution in [0.5, 0.6) is 0 Å². The average molecular weight is 230 g/mol. The molecule has 86 valence electrons. The normalized spacial score (nSPS) is 10.2. The Morgan fingerprint density at radius 3 is 2.71 bits per heavy atom. The van der Waals surface area contributed by atoms with Gasteiger partial charge in [-0.25, -0.2) is 0 Å². The Kier molecular flexibility index (Phi) is 2.74. The van der Waals surface area contributed by atoms with Gasteiger partial charge in [0.25, 0.3) is 11.6 Å². The molecule has 0 radical (unpaired) electrons. The fraction of sp³-hybridized carbons (Fsp3) is 0.0833. The van der Waals surface area contributed by atoms with Crippen LogP contribution < -0.4 is 5.32 Å². The summed E-state index contributed by atoms with van der Waals surface area (Å²) in [4.78, 5) is 21.8. The highest BCUT2D eigenvalue weighted by molar-refractivity contribution is 6.07. The van der Waals surface area contributed by atoms with Gasteiger partial charge in [-0.2, -0.15) is 0 Å². The average Bonchev–Trinajstić information content (AvgIpc) is 2.36. The molecule has 17 heavy (non-hydrogen) atoms. The van der Waals surface area contributed by atoms with Crippen molar-refractivity contribution in [2.24, 2.45) is 0 Å². The molecule has 0 aliphatic rings. The topological polar surface area (TPSA) is 72.2 Å². The van der Waals surface area contributed by atoms with Crippen molar-refractivity contribution < 1.29 is 9.72 Å². The summed E-state index contributed by atoms with van der Waals surface area (Å²) in [6.07, 6.45) is 0. The molecule has 0 atom stereocenters. The number of carbonyl (C=O) groups excluding carboxylic acids is 1. The van der Waals surface area contributed by atoms with Crippen LogP contribution in [-0.2, 0) is 0 Å². The van der Waals surface area contributed by atoms with Crippen molar-refractivity contribution in [1.82, 2.24) is 5.32 Å². The summed E-state index contributed by atoms with van der Waals surface area (Å²) in [5.74, 6) is -0.204. The predicted molar refractivity (Wildman–Crippen MR) is 64.0 cm³/mol. The Hall–Kier alpha value is -2.43.